The van der Waals surface area contributed by atoms with Gasteiger partial charge in [0, 0.05) is 11.8 Å². The van der Waals surface area contributed by atoms with E-state index in [-0.39, 0.29) is 6.10 Å². The van der Waals surface area contributed by atoms with E-state index in [1.807, 2.05) is 0 Å². The summed E-state index contributed by atoms with van der Waals surface area (Å²) in [6.45, 7) is 0.548. The number of ether oxygens (including phenoxy) is 1. The second-order valence-electron chi connectivity index (χ2n) is 3.14. The van der Waals surface area contributed by atoms with E-state index in [2.05, 4.69) is 4.99 Å². The molecular weight excluding hydrogens is 211 g/mol. The summed E-state index contributed by atoms with van der Waals surface area (Å²) >= 11 is 11.6. The Hall–Kier alpha value is -0.410. The van der Waals surface area contributed by atoms with Crippen molar-refractivity contribution in [2.24, 2.45) is 4.99 Å². The summed E-state index contributed by atoms with van der Waals surface area (Å²) in [5.74, 6) is 0. The van der Waals surface area contributed by atoms with Gasteiger partial charge in [0.05, 0.1) is 6.54 Å². The molecule has 5 heteroatoms. The molecule has 0 amide bonds. The largest absolute Gasteiger partial charge is 0.461 e. The van der Waals surface area contributed by atoms with Crippen molar-refractivity contribution in [3.05, 3.63) is 11.2 Å². The van der Waals surface area contributed by atoms with Gasteiger partial charge in [-0.15, -0.1) is 0 Å². The Morgan fingerprint density at radius 2 is 2.31 bits per heavy atom. The van der Waals surface area contributed by atoms with Gasteiger partial charge < -0.3 is 4.74 Å². The zero-order chi connectivity index (χ0) is 9.26. The van der Waals surface area contributed by atoms with Gasteiger partial charge in [0.15, 0.2) is 0 Å². The van der Waals surface area contributed by atoms with Crippen molar-refractivity contribution in [3.8, 4) is 0 Å². The Kier molecular flexibility index (Phi) is 2.65. The van der Waals surface area contributed by atoms with Gasteiger partial charge in [0.1, 0.15) is 11.3 Å². The van der Waals surface area contributed by atoms with Crippen molar-refractivity contribution < 1.29 is 4.74 Å². The Balaban J connectivity index is 1.98. The quantitative estimate of drug-likeness (QED) is 0.501. The second-order valence-corrected chi connectivity index (χ2v) is 3.93. The Labute approximate surface area is 87.1 Å². The highest BCUT2D eigenvalue weighted by Gasteiger charge is 2.24. The van der Waals surface area contributed by atoms with Crippen molar-refractivity contribution >= 4 is 29.4 Å². The lowest BCUT2D eigenvalue weighted by Gasteiger charge is -2.29. The highest BCUT2D eigenvalue weighted by molar-refractivity contribution is 6.31. The number of rotatable bonds is 1. The zero-order valence-corrected chi connectivity index (χ0v) is 8.55. The monoisotopic (exact) mass is 220 g/mol. The molecule has 0 radical (unpaired) electrons. The number of amidine groups is 1. The summed E-state index contributed by atoms with van der Waals surface area (Å²) in [6, 6.07) is 0.430. The molecule has 0 aromatic carbocycles. The number of nitrogens with zero attached hydrogens (tertiary/aromatic N) is 2. The third-order valence-corrected chi connectivity index (χ3v) is 2.68. The highest BCUT2D eigenvalue weighted by atomic mass is 35.5. The molecule has 0 unspecified atom stereocenters. The second kappa shape index (κ2) is 3.76. The smallest absolute Gasteiger partial charge is 0.309 e. The summed E-state index contributed by atoms with van der Waals surface area (Å²) in [5, 5.41) is 0.450. The minimum atomic E-state index is 0.280. The van der Waals surface area contributed by atoms with Crippen molar-refractivity contribution in [1.82, 2.24) is 4.42 Å². The Bertz CT molecular complexity index is 261. The number of halogens is 2. The van der Waals surface area contributed by atoms with E-state index in [9.17, 15) is 0 Å². The number of hydrogen-bond acceptors (Lipinski definition) is 3. The SMILES string of the molecule is ClC1=CCN(Cl)C(OC2CCC2)=N1. The maximum absolute atomic E-state index is 5.85. The first-order chi connectivity index (χ1) is 6.25. The molecule has 1 aliphatic heterocycles. The summed E-state index contributed by atoms with van der Waals surface area (Å²) in [7, 11) is 0. The van der Waals surface area contributed by atoms with Gasteiger partial charge in [-0.2, -0.15) is 4.99 Å². The Morgan fingerprint density at radius 1 is 1.54 bits per heavy atom. The minimum absolute atomic E-state index is 0.280. The fourth-order valence-electron chi connectivity index (χ4n) is 1.15. The van der Waals surface area contributed by atoms with Crippen LogP contribution < -0.4 is 0 Å². The molecule has 72 valence electrons. The predicted octanol–water partition coefficient (Wildman–Crippen LogP) is 2.46. The fourth-order valence-corrected chi connectivity index (χ4v) is 1.43. The first-order valence-electron chi connectivity index (χ1n) is 4.30. The first kappa shape index (κ1) is 9.16. The van der Waals surface area contributed by atoms with E-state index in [0.29, 0.717) is 17.7 Å². The van der Waals surface area contributed by atoms with Gasteiger partial charge in [0.25, 0.3) is 0 Å². The third kappa shape index (κ3) is 2.09. The van der Waals surface area contributed by atoms with Gasteiger partial charge in [-0.1, -0.05) is 11.6 Å². The van der Waals surface area contributed by atoms with Crippen LogP contribution in [-0.4, -0.2) is 23.1 Å². The van der Waals surface area contributed by atoms with Crippen molar-refractivity contribution in [2.45, 2.75) is 25.4 Å². The molecule has 1 heterocycles. The summed E-state index contributed by atoms with van der Waals surface area (Å²) < 4.78 is 6.96. The molecule has 3 nitrogen and oxygen atoms in total. The topological polar surface area (TPSA) is 24.8 Å². The van der Waals surface area contributed by atoms with Crippen LogP contribution in [0.15, 0.2) is 16.2 Å². The van der Waals surface area contributed by atoms with Crippen LogP contribution in [0, 0.1) is 0 Å². The lowest BCUT2D eigenvalue weighted by atomic mass is 9.96. The fraction of sp³-hybridized carbons (Fsp3) is 0.625. The lowest BCUT2D eigenvalue weighted by molar-refractivity contribution is 0.0935. The van der Waals surface area contributed by atoms with E-state index >= 15 is 0 Å². The Morgan fingerprint density at radius 3 is 2.92 bits per heavy atom. The van der Waals surface area contributed by atoms with Crippen LogP contribution in [0.5, 0.6) is 0 Å². The third-order valence-electron chi connectivity index (χ3n) is 2.15. The maximum atomic E-state index is 5.85. The van der Waals surface area contributed by atoms with Crippen molar-refractivity contribution in [1.29, 1.82) is 0 Å². The molecule has 1 aliphatic carbocycles. The lowest BCUT2D eigenvalue weighted by Crippen LogP contribution is -2.33. The molecule has 0 aromatic rings. The predicted molar refractivity (Wildman–Crippen MR) is 52.7 cm³/mol. The average molecular weight is 221 g/mol. The van der Waals surface area contributed by atoms with Crippen molar-refractivity contribution in [2.75, 3.05) is 6.54 Å². The molecule has 0 saturated heterocycles. The van der Waals surface area contributed by atoms with Gasteiger partial charge >= 0.3 is 6.02 Å². The van der Waals surface area contributed by atoms with E-state index in [0.717, 1.165) is 12.8 Å². The van der Waals surface area contributed by atoms with Crippen molar-refractivity contribution in [3.63, 3.8) is 0 Å². The van der Waals surface area contributed by atoms with Crippen LogP contribution in [0.25, 0.3) is 0 Å². The minimum Gasteiger partial charge on any atom is -0.461 e. The van der Waals surface area contributed by atoms with Crippen LogP contribution in [-0.2, 0) is 4.74 Å². The molecule has 0 aromatic heterocycles. The van der Waals surface area contributed by atoms with Crippen LogP contribution in [0.4, 0.5) is 0 Å². The van der Waals surface area contributed by atoms with E-state index in [4.69, 9.17) is 28.1 Å². The molecule has 0 atom stereocenters. The van der Waals surface area contributed by atoms with Crippen LogP contribution in [0.1, 0.15) is 19.3 Å². The van der Waals surface area contributed by atoms with Gasteiger partial charge in [-0.05, 0) is 25.3 Å². The molecule has 0 N–H and O–H groups in total. The molecule has 1 saturated carbocycles. The summed E-state index contributed by atoms with van der Waals surface area (Å²) in [5.41, 5.74) is 0. The van der Waals surface area contributed by atoms with Crippen LogP contribution in [0.3, 0.4) is 0 Å². The first-order valence-corrected chi connectivity index (χ1v) is 5.01. The van der Waals surface area contributed by atoms with E-state index < -0.39 is 0 Å². The molecule has 13 heavy (non-hydrogen) atoms. The maximum Gasteiger partial charge on any atom is 0.309 e. The van der Waals surface area contributed by atoms with Crippen LogP contribution in [0.2, 0.25) is 0 Å². The summed E-state index contributed by atoms with van der Waals surface area (Å²) in [4.78, 5) is 4.00. The number of aliphatic imine (C=N–C) groups is 1. The van der Waals surface area contributed by atoms with E-state index in [1.165, 1.54) is 10.8 Å². The standard InChI is InChI=1S/C8H10Cl2N2O/c9-7-4-5-12(10)8(11-7)13-6-2-1-3-6/h4,6H,1-3,5H2. The molecule has 1 fully saturated rings. The number of hydrogen-bond donors (Lipinski definition) is 0. The molecule has 2 aliphatic rings. The molecule has 0 bridgehead atoms. The zero-order valence-electron chi connectivity index (χ0n) is 7.04. The average Bonchev–Trinajstić information content (AvgIpc) is 2.03. The van der Waals surface area contributed by atoms with E-state index in [1.54, 1.807) is 6.08 Å². The van der Waals surface area contributed by atoms with Gasteiger partial charge in [-0.3, -0.25) is 0 Å². The molecular formula is C8H10Cl2N2O. The van der Waals surface area contributed by atoms with Gasteiger partial charge in [0.2, 0.25) is 0 Å². The summed E-state index contributed by atoms with van der Waals surface area (Å²) in [6.07, 6.45) is 5.42. The molecule has 0 spiro atoms. The van der Waals surface area contributed by atoms with Crippen LogP contribution >= 0.6 is 23.4 Å². The highest BCUT2D eigenvalue weighted by Crippen LogP contribution is 2.24. The van der Waals surface area contributed by atoms with Gasteiger partial charge in [-0.25, -0.2) is 4.42 Å². The molecule has 2 rings (SSSR count). The normalized spacial score (nSPS) is 23.4.